The first-order chi connectivity index (χ1) is 6.78. The Morgan fingerprint density at radius 3 is 2.33 bits per heavy atom. The maximum Gasteiger partial charge on any atom is 0.229 e. The molecule has 0 fully saturated rings. The number of anilines is 1. The number of rotatable bonds is 3. The molecule has 0 heterocycles. The molecular formula is C10H15NO3S. The Bertz CT molecular complexity index is 452. The predicted octanol–water partition coefficient (Wildman–Crippen LogP) is 1.89. The van der Waals surface area contributed by atoms with Crippen LogP contribution in [0.2, 0.25) is 0 Å². The molecule has 0 saturated heterocycles. The van der Waals surface area contributed by atoms with Gasteiger partial charge < -0.3 is 5.11 Å². The molecule has 0 aliphatic rings. The highest BCUT2D eigenvalue weighted by Crippen LogP contribution is 2.25. The van der Waals surface area contributed by atoms with Crippen molar-refractivity contribution in [3.05, 3.63) is 23.8 Å². The van der Waals surface area contributed by atoms with Crippen LogP contribution in [-0.4, -0.2) is 19.8 Å². The van der Waals surface area contributed by atoms with Gasteiger partial charge in [0.1, 0.15) is 5.75 Å². The Morgan fingerprint density at radius 2 is 1.87 bits per heavy atom. The largest absolute Gasteiger partial charge is 0.508 e. The zero-order valence-electron chi connectivity index (χ0n) is 8.98. The second kappa shape index (κ2) is 4.10. The molecule has 84 valence electrons. The minimum Gasteiger partial charge on any atom is -0.508 e. The quantitative estimate of drug-likeness (QED) is 0.831. The number of nitrogens with one attached hydrogen (secondary N) is 1. The first-order valence-electron chi connectivity index (χ1n) is 4.59. The number of benzene rings is 1. The summed E-state index contributed by atoms with van der Waals surface area (Å²) >= 11 is 0. The fraction of sp³-hybridized carbons (Fsp3) is 0.400. The van der Waals surface area contributed by atoms with Crippen LogP contribution < -0.4 is 4.72 Å². The van der Waals surface area contributed by atoms with Crippen molar-refractivity contribution in [1.29, 1.82) is 0 Å². The summed E-state index contributed by atoms with van der Waals surface area (Å²) in [5.41, 5.74) is 1.28. The lowest BCUT2D eigenvalue weighted by Crippen LogP contribution is -2.09. The number of hydrogen-bond acceptors (Lipinski definition) is 3. The molecule has 4 nitrogen and oxygen atoms in total. The van der Waals surface area contributed by atoms with Crippen LogP contribution in [0.1, 0.15) is 25.3 Å². The molecule has 0 aliphatic heterocycles. The molecule has 0 aromatic heterocycles. The third kappa shape index (κ3) is 3.79. The summed E-state index contributed by atoms with van der Waals surface area (Å²) in [5, 5.41) is 9.40. The molecule has 1 rings (SSSR count). The van der Waals surface area contributed by atoms with Gasteiger partial charge in [0, 0.05) is 6.07 Å². The van der Waals surface area contributed by atoms with E-state index in [2.05, 4.69) is 4.72 Å². The van der Waals surface area contributed by atoms with Crippen molar-refractivity contribution in [3.8, 4) is 5.75 Å². The Balaban J connectivity index is 3.10. The Labute approximate surface area is 90.0 Å². The molecule has 0 aliphatic carbocycles. The Kier molecular flexibility index (Phi) is 3.24. The topological polar surface area (TPSA) is 66.4 Å². The van der Waals surface area contributed by atoms with Gasteiger partial charge in [0.25, 0.3) is 0 Å². The highest BCUT2D eigenvalue weighted by Gasteiger charge is 2.07. The standard InChI is InChI=1S/C10H15NO3S/c1-7(2)8-4-9(6-10(12)5-8)11-15(3,13)14/h4-7,11-12H,1-3H3. The Hall–Kier alpha value is -1.23. The lowest BCUT2D eigenvalue weighted by molar-refractivity contribution is 0.474. The molecule has 0 amide bonds. The van der Waals surface area contributed by atoms with Crippen LogP contribution in [0.3, 0.4) is 0 Å². The van der Waals surface area contributed by atoms with Gasteiger partial charge in [-0.1, -0.05) is 13.8 Å². The monoisotopic (exact) mass is 229 g/mol. The molecular weight excluding hydrogens is 214 g/mol. The lowest BCUT2D eigenvalue weighted by Gasteiger charge is -2.10. The summed E-state index contributed by atoms with van der Waals surface area (Å²) in [5.74, 6) is 0.296. The number of aromatic hydroxyl groups is 1. The Morgan fingerprint density at radius 1 is 1.27 bits per heavy atom. The average Bonchev–Trinajstić information content (AvgIpc) is 1.99. The third-order valence-electron chi connectivity index (χ3n) is 1.91. The van der Waals surface area contributed by atoms with Crippen molar-refractivity contribution in [2.24, 2.45) is 0 Å². The van der Waals surface area contributed by atoms with Gasteiger partial charge >= 0.3 is 0 Å². The van der Waals surface area contributed by atoms with E-state index in [1.54, 1.807) is 12.1 Å². The molecule has 0 saturated carbocycles. The zero-order valence-corrected chi connectivity index (χ0v) is 9.80. The summed E-state index contributed by atoms with van der Waals surface area (Å²) in [6, 6.07) is 4.72. The molecule has 1 aromatic rings. The van der Waals surface area contributed by atoms with Crippen molar-refractivity contribution in [2.75, 3.05) is 11.0 Å². The van der Waals surface area contributed by atoms with E-state index in [1.165, 1.54) is 6.07 Å². The molecule has 5 heteroatoms. The molecule has 0 atom stereocenters. The summed E-state index contributed by atoms with van der Waals surface area (Å²) in [6.45, 7) is 3.94. The van der Waals surface area contributed by atoms with E-state index < -0.39 is 10.0 Å². The van der Waals surface area contributed by atoms with Gasteiger partial charge in [0.05, 0.1) is 11.9 Å². The first kappa shape index (κ1) is 11.8. The second-order valence-corrected chi connectivity index (χ2v) is 5.59. The van der Waals surface area contributed by atoms with Crippen molar-refractivity contribution in [2.45, 2.75) is 19.8 Å². The van der Waals surface area contributed by atoms with Crippen LogP contribution in [0.15, 0.2) is 18.2 Å². The molecule has 1 aromatic carbocycles. The van der Waals surface area contributed by atoms with Crippen LogP contribution in [-0.2, 0) is 10.0 Å². The van der Waals surface area contributed by atoms with E-state index >= 15 is 0 Å². The summed E-state index contributed by atoms with van der Waals surface area (Å²) in [6.07, 6.45) is 1.08. The molecule has 0 spiro atoms. The average molecular weight is 229 g/mol. The second-order valence-electron chi connectivity index (χ2n) is 3.84. The number of hydrogen-bond donors (Lipinski definition) is 2. The fourth-order valence-electron chi connectivity index (χ4n) is 1.24. The predicted molar refractivity (Wildman–Crippen MR) is 60.7 cm³/mol. The number of sulfonamides is 1. The summed E-state index contributed by atoms with van der Waals surface area (Å²) in [4.78, 5) is 0. The van der Waals surface area contributed by atoms with Gasteiger partial charge in [-0.2, -0.15) is 0 Å². The van der Waals surface area contributed by atoms with Crippen LogP contribution >= 0.6 is 0 Å². The van der Waals surface area contributed by atoms with Crippen molar-refractivity contribution >= 4 is 15.7 Å². The SMILES string of the molecule is CC(C)c1cc(O)cc(NS(C)(=O)=O)c1. The summed E-state index contributed by atoms with van der Waals surface area (Å²) in [7, 11) is -3.30. The van der Waals surface area contributed by atoms with E-state index in [4.69, 9.17) is 0 Å². The minimum atomic E-state index is -3.30. The van der Waals surface area contributed by atoms with Gasteiger partial charge in [-0.25, -0.2) is 8.42 Å². The molecule has 0 radical (unpaired) electrons. The van der Waals surface area contributed by atoms with Gasteiger partial charge in [-0.05, 0) is 23.6 Å². The highest BCUT2D eigenvalue weighted by molar-refractivity contribution is 7.92. The zero-order chi connectivity index (χ0) is 11.6. The van der Waals surface area contributed by atoms with Crippen molar-refractivity contribution < 1.29 is 13.5 Å². The maximum absolute atomic E-state index is 11.0. The molecule has 15 heavy (non-hydrogen) atoms. The van der Waals surface area contributed by atoms with Crippen LogP contribution in [0, 0.1) is 0 Å². The molecule has 0 unspecified atom stereocenters. The van der Waals surface area contributed by atoms with Gasteiger partial charge in [0.2, 0.25) is 10.0 Å². The maximum atomic E-state index is 11.0. The van der Waals surface area contributed by atoms with E-state index in [0.29, 0.717) is 5.69 Å². The van der Waals surface area contributed by atoms with Crippen molar-refractivity contribution in [1.82, 2.24) is 0 Å². The van der Waals surface area contributed by atoms with Gasteiger partial charge in [-0.15, -0.1) is 0 Å². The fourth-order valence-corrected chi connectivity index (χ4v) is 1.79. The van der Waals surface area contributed by atoms with E-state index in [9.17, 15) is 13.5 Å². The van der Waals surface area contributed by atoms with Gasteiger partial charge in [-0.3, -0.25) is 4.72 Å². The smallest absolute Gasteiger partial charge is 0.229 e. The molecule has 2 N–H and O–H groups in total. The number of phenolic OH excluding ortho intramolecular Hbond substituents is 1. The van der Waals surface area contributed by atoms with Crippen LogP contribution in [0.25, 0.3) is 0 Å². The van der Waals surface area contributed by atoms with Crippen molar-refractivity contribution in [3.63, 3.8) is 0 Å². The van der Waals surface area contributed by atoms with E-state index in [-0.39, 0.29) is 11.7 Å². The lowest BCUT2D eigenvalue weighted by atomic mass is 10.0. The normalized spacial score (nSPS) is 11.7. The van der Waals surface area contributed by atoms with Crippen LogP contribution in [0.5, 0.6) is 5.75 Å². The first-order valence-corrected chi connectivity index (χ1v) is 6.49. The summed E-state index contributed by atoms with van der Waals surface area (Å²) < 4.78 is 24.3. The van der Waals surface area contributed by atoms with Gasteiger partial charge in [0.15, 0.2) is 0 Å². The molecule has 0 bridgehead atoms. The minimum absolute atomic E-state index is 0.0624. The van der Waals surface area contributed by atoms with Crippen LogP contribution in [0.4, 0.5) is 5.69 Å². The van der Waals surface area contributed by atoms with E-state index in [1.807, 2.05) is 13.8 Å². The third-order valence-corrected chi connectivity index (χ3v) is 2.52. The highest BCUT2D eigenvalue weighted by atomic mass is 32.2. The number of phenols is 1. The van der Waals surface area contributed by atoms with E-state index in [0.717, 1.165) is 11.8 Å².